The molecule has 2 saturated heterocycles. The van der Waals surface area contributed by atoms with Gasteiger partial charge in [-0.3, -0.25) is 14.8 Å². The van der Waals surface area contributed by atoms with Crippen molar-refractivity contribution in [2.45, 2.75) is 38.0 Å². The van der Waals surface area contributed by atoms with E-state index < -0.39 is 0 Å². The molecule has 0 aromatic carbocycles. The van der Waals surface area contributed by atoms with Gasteiger partial charge in [-0.2, -0.15) is 0 Å². The van der Waals surface area contributed by atoms with E-state index in [0.29, 0.717) is 12.0 Å². The maximum Gasteiger partial charge on any atom is 0.117 e. The van der Waals surface area contributed by atoms with Crippen LogP contribution in [0.1, 0.15) is 24.3 Å². The minimum absolute atomic E-state index is 0.233. The van der Waals surface area contributed by atoms with Gasteiger partial charge < -0.3 is 9.52 Å². The third kappa shape index (κ3) is 4.11. The number of hydrogen-bond acceptors (Lipinski definition) is 5. The van der Waals surface area contributed by atoms with Crippen molar-refractivity contribution in [2.24, 2.45) is 5.92 Å². The van der Waals surface area contributed by atoms with Crippen molar-refractivity contribution in [1.82, 2.24) is 14.8 Å². The van der Waals surface area contributed by atoms with Crippen LogP contribution in [-0.4, -0.2) is 58.2 Å². The number of nitrogens with zero attached hydrogens (tertiary/aromatic N) is 3. The van der Waals surface area contributed by atoms with Crippen molar-refractivity contribution in [3.8, 4) is 0 Å². The van der Waals surface area contributed by atoms with Crippen molar-refractivity contribution < 1.29 is 9.52 Å². The molecule has 5 nitrogen and oxygen atoms in total. The minimum Gasteiger partial charge on any atom is -0.468 e. The Bertz CT molecular complexity index is 638. The standard InChI is InChI=1S/C20H27N3O2/c24-20-15-23(13-16(20)12-17-4-1-2-8-21-17)18-6-9-22(10-7-18)14-19-5-3-11-25-19/h1-5,8,11,16,18,20,24H,6-7,9-10,12-15H2/t16-,20-/m1/s1. The molecule has 0 bridgehead atoms. The highest BCUT2D eigenvalue weighted by atomic mass is 16.3. The molecule has 5 heteroatoms. The van der Waals surface area contributed by atoms with Crippen LogP contribution in [0.2, 0.25) is 0 Å². The normalized spacial score (nSPS) is 26.3. The highest BCUT2D eigenvalue weighted by Crippen LogP contribution is 2.27. The lowest BCUT2D eigenvalue weighted by Gasteiger charge is -2.36. The number of aliphatic hydroxyl groups excluding tert-OH is 1. The molecule has 25 heavy (non-hydrogen) atoms. The van der Waals surface area contributed by atoms with Crippen molar-refractivity contribution in [2.75, 3.05) is 26.2 Å². The number of aromatic nitrogens is 1. The van der Waals surface area contributed by atoms with Gasteiger partial charge >= 0.3 is 0 Å². The van der Waals surface area contributed by atoms with E-state index in [4.69, 9.17) is 4.42 Å². The molecule has 2 aromatic heterocycles. The summed E-state index contributed by atoms with van der Waals surface area (Å²) in [5, 5.41) is 10.5. The van der Waals surface area contributed by atoms with E-state index in [1.54, 1.807) is 6.26 Å². The van der Waals surface area contributed by atoms with E-state index in [-0.39, 0.29) is 6.10 Å². The molecule has 2 aliphatic heterocycles. The zero-order valence-electron chi connectivity index (χ0n) is 14.6. The molecule has 2 aliphatic rings. The minimum atomic E-state index is -0.233. The van der Waals surface area contributed by atoms with Crippen molar-refractivity contribution in [3.63, 3.8) is 0 Å². The summed E-state index contributed by atoms with van der Waals surface area (Å²) in [6, 6.07) is 10.6. The second kappa shape index (κ2) is 7.68. The average molecular weight is 341 g/mol. The summed E-state index contributed by atoms with van der Waals surface area (Å²) in [6.07, 6.45) is 6.56. The first-order chi connectivity index (χ1) is 12.3. The Morgan fingerprint density at radius 3 is 2.72 bits per heavy atom. The second-order valence-corrected chi connectivity index (χ2v) is 7.39. The molecular weight excluding hydrogens is 314 g/mol. The maximum atomic E-state index is 10.5. The van der Waals surface area contributed by atoms with Crippen molar-refractivity contribution >= 4 is 0 Å². The number of aliphatic hydroxyl groups is 1. The van der Waals surface area contributed by atoms with Crippen LogP contribution in [0.5, 0.6) is 0 Å². The average Bonchev–Trinajstić information content (AvgIpc) is 3.27. The molecule has 2 fully saturated rings. The van der Waals surface area contributed by atoms with Gasteiger partial charge in [-0.25, -0.2) is 0 Å². The van der Waals surface area contributed by atoms with Crippen LogP contribution >= 0.6 is 0 Å². The summed E-state index contributed by atoms with van der Waals surface area (Å²) in [6.45, 7) is 4.90. The van der Waals surface area contributed by atoms with Crippen LogP contribution in [0.15, 0.2) is 47.2 Å². The van der Waals surface area contributed by atoms with E-state index in [2.05, 4.69) is 20.9 Å². The van der Waals surface area contributed by atoms with Crippen LogP contribution < -0.4 is 0 Å². The van der Waals surface area contributed by atoms with Gasteiger partial charge in [-0.05, 0) is 43.5 Å². The van der Waals surface area contributed by atoms with Gasteiger partial charge in [0, 0.05) is 50.0 Å². The third-order valence-corrected chi connectivity index (χ3v) is 5.67. The van der Waals surface area contributed by atoms with Crippen LogP contribution in [0.25, 0.3) is 0 Å². The topological polar surface area (TPSA) is 52.7 Å². The molecule has 2 atom stereocenters. The summed E-state index contributed by atoms with van der Waals surface area (Å²) in [7, 11) is 0. The van der Waals surface area contributed by atoms with Crippen LogP contribution in [-0.2, 0) is 13.0 Å². The van der Waals surface area contributed by atoms with Gasteiger partial charge in [0.25, 0.3) is 0 Å². The smallest absolute Gasteiger partial charge is 0.117 e. The first-order valence-corrected chi connectivity index (χ1v) is 9.34. The van der Waals surface area contributed by atoms with E-state index in [0.717, 1.165) is 50.6 Å². The molecule has 0 amide bonds. The quantitative estimate of drug-likeness (QED) is 0.903. The number of β-amino-alcohol motifs (C(OH)–C–C–N with tert-alkyl or cyclic N) is 1. The van der Waals surface area contributed by atoms with Gasteiger partial charge in [0.15, 0.2) is 0 Å². The Morgan fingerprint density at radius 1 is 1.12 bits per heavy atom. The SMILES string of the molecule is O[C@@H]1CN(C2CCN(Cc3ccco3)CC2)C[C@H]1Cc1ccccn1. The monoisotopic (exact) mass is 341 g/mol. The number of hydrogen-bond donors (Lipinski definition) is 1. The second-order valence-electron chi connectivity index (χ2n) is 7.39. The fourth-order valence-electron chi connectivity index (χ4n) is 4.24. The van der Waals surface area contributed by atoms with Crippen LogP contribution in [0.4, 0.5) is 0 Å². The van der Waals surface area contributed by atoms with E-state index in [1.807, 2.05) is 30.5 Å². The Hall–Kier alpha value is -1.69. The predicted molar refractivity (Wildman–Crippen MR) is 96.0 cm³/mol. The number of pyridine rings is 1. The Balaban J connectivity index is 1.27. The van der Waals surface area contributed by atoms with Crippen molar-refractivity contribution in [3.05, 3.63) is 54.2 Å². The summed E-state index contributed by atoms with van der Waals surface area (Å²) >= 11 is 0. The fourth-order valence-corrected chi connectivity index (χ4v) is 4.24. The van der Waals surface area contributed by atoms with Gasteiger partial charge in [0.1, 0.15) is 5.76 Å². The molecule has 2 aromatic rings. The molecule has 4 heterocycles. The zero-order valence-corrected chi connectivity index (χ0v) is 14.6. The summed E-state index contributed by atoms with van der Waals surface area (Å²) in [4.78, 5) is 9.38. The van der Waals surface area contributed by atoms with Crippen LogP contribution in [0.3, 0.4) is 0 Å². The number of piperidine rings is 1. The molecule has 0 aliphatic carbocycles. The summed E-state index contributed by atoms with van der Waals surface area (Å²) in [5.41, 5.74) is 1.08. The third-order valence-electron chi connectivity index (χ3n) is 5.67. The lowest BCUT2D eigenvalue weighted by atomic mass is 9.99. The highest BCUT2D eigenvalue weighted by molar-refractivity contribution is 5.06. The lowest BCUT2D eigenvalue weighted by Crippen LogP contribution is -2.44. The molecule has 0 spiro atoms. The van der Waals surface area contributed by atoms with E-state index >= 15 is 0 Å². The molecule has 1 N–H and O–H groups in total. The van der Waals surface area contributed by atoms with Gasteiger partial charge in [-0.15, -0.1) is 0 Å². The van der Waals surface area contributed by atoms with Gasteiger partial charge in [-0.1, -0.05) is 6.07 Å². The van der Waals surface area contributed by atoms with Gasteiger partial charge in [0.2, 0.25) is 0 Å². The Labute approximate surface area is 149 Å². The highest BCUT2D eigenvalue weighted by Gasteiger charge is 2.36. The predicted octanol–water partition coefficient (Wildman–Crippen LogP) is 2.17. The number of furan rings is 1. The van der Waals surface area contributed by atoms with Crippen molar-refractivity contribution in [1.29, 1.82) is 0 Å². The first-order valence-electron chi connectivity index (χ1n) is 9.34. The largest absolute Gasteiger partial charge is 0.468 e. The van der Waals surface area contributed by atoms with Gasteiger partial charge in [0.05, 0.1) is 18.9 Å². The first kappa shape index (κ1) is 16.8. The van der Waals surface area contributed by atoms with E-state index in [1.165, 1.54) is 12.8 Å². The maximum absolute atomic E-state index is 10.5. The number of rotatable bonds is 5. The Kier molecular flexibility index (Phi) is 5.15. The summed E-state index contributed by atoms with van der Waals surface area (Å²) < 4.78 is 5.46. The zero-order chi connectivity index (χ0) is 17.1. The molecular formula is C20H27N3O2. The molecule has 4 rings (SSSR count). The molecule has 0 saturated carbocycles. The Morgan fingerprint density at radius 2 is 2.00 bits per heavy atom. The lowest BCUT2D eigenvalue weighted by molar-refractivity contribution is 0.101. The number of likely N-dealkylation sites (tertiary alicyclic amines) is 2. The fraction of sp³-hybridized carbons (Fsp3) is 0.550. The summed E-state index contributed by atoms with van der Waals surface area (Å²) in [5.74, 6) is 1.35. The molecule has 0 unspecified atom stereocenters. The molecule has 0 radical (unpaired) electrons. The molecule has 134 valence electrons. The van der Waals surface area contributed by atoms with E-state index in [9.17, 15) is 5.11 Å². The van der Waals surface area contributed by atoms with Crippen LogP contribution in [0, 0.1) is 5.92 Å².